The van der Waals surface area contributed by atoms with Crippen LogP contribution in [0.3, 0.4) is 0 Å². The van der Waals surface area contributed by atoms with E-state index in [2.05, 4.69) is 10.3 Å². The Labute approximate surface area is 112 Å². The standard InChI is InChI=1S/C10H13N3O5S/c11-5(3-8(14)15)9(16)12-2-1-7-13-6(4-19-7)10(17)18/h4-5H,1-3,11H2,(H,12,16)(H,14,15)(H,17,18). The Hall–Kier alpha value is -2.00. The fraction of sp³-hybridized carbons (Fsp3) is 0.400. The van der Waals surface area contributed by atoms with Gasteiger partial charge in [0.2, 0.25) is 5.91 Å². The number of aliphatic carboxylic acids is 1. The Bertz CT molecular complexity index is 487. The molecule has 104 valence electrons. The maximum atomic E-state index is 11.4. The van der Waals surface area contributed by atoms with Crippen LogP contribution in [-0.4, -0.2) is 45.6 Å². The van der Waals surface area contributed by atoms with Gasteiger partial charge in [-0.15, -0.1) is 11.3 Å². The lowest BCUT2D eigenvalue weighted by atomic mass is 10.2. The number of aromatic nitrogens is 1. The summed E-state index contributed by atoms with van der Waals surface area (Å²) >= 11 is 1.18. The van der Waals surface area contributed by atoms with E-state index in [0.717, 1.165) is 0 Å². The van der Waals surface area contributed by atoms with Crippen molar-refractivity contribution in [2.45, 2.75) is 18.9 Å². The van der Waals surface area contributed by atoms with Crippen LogP contribution in [0.1, 0.15) is 21.9 Å². The molecule has 0 saturated carbocycles. The Morgan fingerprint density at radius 2 is 2.11 bits per heavy atom. The smallest absolute Gasteiger partial charge is 0.355 e. The minimum atomic E-state index is -1.14. The van der Waals surface area contributed by atoms with Crippen LogP contribution in [-0.2, 0) is 16.0 Å². The van der Waals surface area contributed by atoms with Crippen LogP contribution in [0.2, 0.25) is 0 Å². The number of thiazole rings is 1. The normalized spacial score (nSPS) is 11.8. The maximum Gasteiger partial charge on any atom is 0.355 e. The van der Waals surface area contributed by atoms with Gasteiger partial charge in [0.05, 0.1) is 17.5 Å². The highest BCUT2D eigenvalue weighted by atomic mass is 32.1. The molecule has 8 nitrogen and oxygen atoms in total. The summed E-state index contributed by atoms with van der Waals surface area (Å²) in [6, 6.07) is -1.09. The van der Waals surface area contributed by atoms with E-state index in [4.69, 9.17) is 15.9 Å². The second-order valence-electron chi connectivity index (χ2n) is 3.68. The lowest BCUT2D eigenvalue weighted by molar-refractivity contribution is -0.139. The molecule has 0 bridgehead atoms. The van der Waals surface area contributed by atoms with E-state index >= 15 is 0 Å². The van der Waals surface area contributed by atoms with Gasteiger partial charge in [-0.1, -0.05) is 0 Å². The first-order valence-corrected chi connectivity index (χ1v) is 6.21. The van der Waals surface area contributed by atoms with Gasteiger partial charge in [-0.2, -0.15) is 0 Å². The molecule has 1 atom stereocenters. The molecule has 5 N–H and O–H groups in total. The molecule has 0 aliphatic heterocycles. The number of nitrogens with zero attached hydrogens (tertiary/aromatic N) is 1. The Kier molecular flexibility index (Phi) is 5.39. The van der Waals surface area contributed by atoms with Gasteiger partial charge in [-0.3, -0.25) is 9.59 Å². The molecule has 1 rings (SSSR count). The molecule has 1 aromatic heterocycles. The molecule has 0 radical (unpaired) electrons. The van der Waals surface area contributed by atoms with Crippen molar-refractivity contribution in [1.29, 1.82) is 0 Å². The summed E-state index contributed by atoms with van der Waals surface area (Å²) < 4.78 is 0. The highest BCUT2D eigenvalue weighted by Crippen LogP contribution is 2.09. The number of carboxylic acid groups (broad SMARTS) is 2. The van der Waals surface area contributed by atoms with Crippen LogP contribution in [0, 0.1) is 0 Å². The molecule has 1 heterocycles. The summed E-state index contributed by atoms with van der Waals surface area (Å²) in [5, 5.41) is 21.6. The van der Waals surface area contributed by atoms with E-state index < -0.39 is 30.3 Å². The SMILES string of the molecule is NC(CC(=O)O)C(=O)NCCc1nc(C(=O)O)cs1. The predicted molar refractivity (Wildman–Crippen MR) is 66.0 cm³/mol. The third kappa shape index (κ3) is 5.02. The van der Waals surface area contributed by atoms with E-state index in [1.165, 1.54) is 16.7 Å². The topological polar surface area (TPSA) is 143 Å². The van der Waals surface area contributed by atoms with Gasteiger partial charge in [0.15, 0.2) is 5.69 Å². The van der Waals surface area contributed by atoms with E-state index in [0.29, 0.717) is 11.4 Å². The number of aromatic carboxylic acids is 1. The quantitative estimate of drug-likeness (QED) is 0.519. The summed E-state index contributed by atoms with van der Waals surface area (Å²) in [7, 11) is 0. The molecular formula is C10H13N3O5S. The predicted octanol–water partition coefficient (Wildman–Crippen LogP) is -0.698. The highest BCUT2D eigenvalue weighted by molar-refractivity contribution is 7.09. The van der Waals surface area contributed by atoms with Gasteiger partial charge in [0.1, 0.15) is 0 Å². The zero-order valence-corrected chi connectivity index (χ0v) is 10.6. The largest absolute Gasteiger partial charge is 0.481 e. The van der Waals surface area contributed by atoms with Crippen molar-refractivity contribution in [2.75, 3.05) is 6.54 Å². The number of nitrogens with two attached hydrogens (primary N) is 1. The monoisotopic (exact) mass is 287 g/mol. The Morgan fingerprint density at radius 3 is 2.63 bits per heavy atom. The highest BCUT2D eigenvalue weighted by Gasteiger charge is 2.16. The second-order valence-corrected chi connectivity index (χ2v) is 4.62. The van der Waals surface area contributed by atoms with Gasteiger partial charge >= 0.3 is 11.9 Å². The van der Waals surface area contributed by atoms with E-state index in [1.807, 2.05) is 0 Å². The molecule has 0 aliphatic rings. The van der Waals surface area contributed by atoms with Crippen LogP contribution >= 0.6 is 11.3 Å². The summed E-state index contributed by atoms with van der Waals surface area (Å²) in [5.41, 5.74) is 5.32. The Balaban J connectivity index is 2.35. The van der Waals surface area contributed by atoms with Crippen LogP contribution in [0.15, 0.2) is 5.38 Å². The third-order valence-electron chi connectivity index (χ3n) is 2.14. The number of carboxylic acids is 2. The van der Waals surface area contributed by atoms with Crippen molar-refractivity contribution in [3.8, 4) is 0 Å². The number of amides is 1. The summed E-state index contributed by atoms with van der Waals surface area (Å²) in [6.07, 6.45) is -0.0737. The molecule has 1 aromatic rings. The zero-order valence-electron chi connectivity index (χ0n) is 9.83. The van der Waals surface area contributed by atoms with Crippen LogP contribution in [0.25, 0.3) is 0 Å². The lowest BCUT2D eigenvalue weighted by Gasteiger charge is -2.09. The van der Waals surface area contributed by atoms with Crippen molar-refractivity contribution in [1.82, 2.24) is 10.3 Å². The molecule has 9 heteroatoms. The van der Waals surface area contributed by atoms with Crippen molar-refractivity contribution < 1.29 is 24.6 Å². The third-order valence-corrected chi connectivity index (χ3v) is 3.05. The van der Waals surface area contributed by atoms with Crippen LogP contribution in [0.4, 0.5) is 0 Å². The van der Waals surface area contributed by atoms with Gasteiger partial charge in [0.25, 0.3) is 0 Å². The first kappa shape index (κ1) is 15.1. The van der Waals surface area contributed by atoms with Gasteiger partial charge in [0, 0.05) is 18.3 Å². The number of hydrogen-bond donors (Lipinski definition) is 4. The molecule has 0 aromatic carbocycles. The van der Waals surface area contributed by atoms with Crippen molar-refractivity contribution >= 4 is 29.2 Å². The number of nitrogens with one attached hydrogen (secondary N) is 1. The van der Waals surface area contributed by atoms with Gasteiger partial charge in [-0.25, -0.2) is 9.78 Å². The number of carbonyl (C=O) groups excluding carboxylic acids is 1. The van der Waals surface area contributed by atoms with Crippen molar-refractivity contribution in [2.24, 2.45) is 5.73 Å². The lowest BCUT2D eigenvalue weighted by Crippen LogP contribution is -2.42. The van der Waals surface area contributed by atoms with Crippen molar-refractivity contribution in [3.05, 3.63) is 16.1 Å². The number of rotatable bonds is 7. The fourth-order valence-electron chi connectivity index (χ4n) is 1.23. The molecular weight excluding hydrogens is 274 g/mol. The fourth-order valence-corrected chi connectivity index (χ4v) is 2.00. The minimum absolute atomic E-state index is 0.0334. The molecule has 0 spiro atoms. The number of carbonyl (C=O) groups is 3. The first-order valence-electron chi connectivity index (χ1n) is 5.33. The summed E-state index contributed by atoms with van der Waals surface area (Å²) in [6.45, 7) is 0.221. The van der Waals surface area contributed by atoms with E-state index in [1.54, 1.807) is 0 Å². The summed E-state index contributed by atoms with van der Waals surface area (Å²) in [4.78, 5) is 36.2. The van der Waals surface area contributed by atoms with Gasteiger partial charge < -0.3 is 21.3 Å². The Morgan fingerprint density at radius 1 is 1.42 bits per heavy atom. The minimum Gasteiger partial charge on any atom is -0.481 e. The van der Waals surface area contributed by atoms with E-state index in [9.17, 15) is 14.4 Å². The maximum absolute atomic E-state index is 11.4. The molecule has 19 heavy (non-hydrogen) atoms. The van der Waals surface area contributed by atoms with Crippen molar-refractivity contribution in [3.63, 3.8) is 0 Å². The first-order chi connectivity index (χ1) is 8.90. The second kappa shape index (κ2) is 6.81. The molecule has 0 saturated heterocycles. The molecule has 1 unspecified atom stereocenters. The summed E-state index contributed by atoms with van der Waals surface area (Å²) in [5.74, 6) is -2.80. The zero-order chi connectivity index (χ0) is 14.4. The average Bonchev–Trinajstić information content (AvgIpc) is 2.76. The molecule has 0 fully saturated rings. The average molecular weight is 287 g/mol. The van der Waals surface area contributed by atoms with Gasteiger partial charge in [-0.05, 0) is 0 Å². The number of hydrogen-bond acceptors (Lipinski definition) is 6. The van der Waals surface area contributed by atoms with Crippen LogP contribution in [0.5, 0.6) is 0 Å². The molecule has 1 amide bonds. The molecule has 0 aliphatic carbocycles. The van der Waals surface area contributed by atoms with E-state index in [-0.39, 0.29) is 12.2 Å². The van der Waals surface area contributed by atoms with Crippen LogP contribution < -0.4 is 11.1 Å².